The van der Waals surface area contributed by atoms with Crippen LogP contribution in [0.15, 0.2) is 0 Å². The van der Waals surface area contributed by atoms with Crippen LogP contribution in [0.1, 0.15) is 53.4 Å². The number of hydrogen-bond acceptors (Lipinski definition) is 2. The highest BCUT2D eigenvalue weighted by atomic mass is 16.5. The van der Waals surface area contributed by atoms with E-state index in [1.54, 1.807) is 0 Å². The Bertz CT molecular complexity index is 193. The zero-order valence-corrected chi connectivity index (χ0v) is 11.3. The Labute approximate surface area is 100 Å². The van der Waals surface area contributed by atoms with E-state index in [1.165, 1.54) is 6.42 Å². The first-order valence-corrected chi connectivity index (χ1v) is 6.89. The molecule has 16 heavy (non-hydrogen) atoms. The van der Waals surface area contributed by atoms with Gasteiger partial charge in [-0.05, 0) is 43.9 Å². The minimum Gasteiger partial charge on any atom is -0.390 e. The van der Waals surface area contributed by atoms with Gasteiger partial charge in [0, 0.05) is 6.61 Å². The Balaban J connectivity index is 2.49. The molecule has 0 aromatic rings. The van der Waals surface area contributed by atoms with Crippen LogP contribution in [0.25, 0.3) is 0 Å². The summed E-state index contributed by atoms with van der Waals surface area (Å²) >= 11 is 0. The number of ether oxygens (including phenoxy) is 1. The van der Waals surface area contributed by atoms with Gasteiger partial charge >= 0.3 is 0 Å². The van der Waals surface area contributed by atoms with Crippen molar-refractivity contribution < 1.29 is 9.84 Å². The second-order valence-electron chi connectivity index (χ2n) is 5.42. The third kappa shape index (κ3) is 3.46. The van der Waals surface area contributed by atoms with Crippen molar-refractivity contribution in [1.29, 1.82) is 0 Å². The van der Waals surface area contributed by atoms with E-state index in [1.807, 2.05) is 6.92 Å². The number of aliphatic hydroxyl groups excluding tert-OH is 1. The highest BCUT2D eigenvalue weighted by Crippen LogP contribution is 2.36. The van der Waals surface area contributed by atoms with Crippen LogP contribution in [0.4, 0.5) is 0 Å². The van der Waals surface area contributed by atoms with Crippen LogP contribution in [-0.4, -0.2) is 23.9 Å². The van der Waals surface area contributed by atoms with E-state index in [-0.39, 0.29) is 12.2 Å². The molecule has 1 N–H and O–H groups in total. The predicted molar refractivity (Wildman–Crippen MR) is 67.4 cm³/mol. The summed E-state index contributed by atoms with van der Waals surface area (Å²) in [6, 6.07) is 0. The van der Waals surface area contributed by atoms with Crippen LogP contribution in [0.2, 0.25) is 0 Å². The van der Waals surface area contributed by atoms with E-state index in [0.717, 1.165) is 31.1 Å². The average molecular weight is 228 g/mol. The van der Waals surface area contributed by atoms with Crippen LogP contribution >= 0.6 is 0 Å². The maximum Gasteiger partial charge on any atom is 0.0833 e. The Morgan fingerprint density at radius 1 is 1.19 bits per heavy atom. The fourth-order valence-corrected chi connectivity index (χ4v) is 2.87. The van der Waals surface area contributed by atoms with Crippen LogP contribution < -0.4 is 0 Å². The van der Waals surface area contributed by atoms with Crippen molar-refractivity contribution in [3.05, 3.63) is 0 Å². The fraction of sp³-hybridized carbons (Fsp3) is 1.00. The molecule has 0 aromatic carbocycles. The summed E-state index contributed by atoms with van der Waals surface area (Å²) in [7, 11) is 0. The van der Waals surface area contributed by atoms with E-state index in [9.17, 15) is 5.11 Å². The topological polar surface area (TPSA) is 29.5 Å². The monoisotopic (exact) mass is 228 g/mol. The van der Waals surface area contributed by atoms with E-state index in [0.29, 0.717) is 12.5 Å². The lowest BCUT2D eigenvalue weighted by molar-refractivity contribution is -0.0726. The largest absolute Gasteiger partial charge is 0.390 e. The van der Waals surface area contributed by atoms with Crippen molar-refractivity contribution in [2.24, 2.45) is 17.8 Å². The third-order valence-electron chi connectivity index (χ3n) is 4.29. The summed E-state index contributed by atoms with van der Waals surface area (Å²) in [4.78, 5) is 0. The van der Waals surface area contributed by atoms with Gasteiger partial charge in [0.05, 0.1) is 12.2 Å². The molecule has 5 atom stereocenters. The standard InChI is InChI=1S/C14H28O2/c1-5-13(16-6-2)14(15)12-8-7-10(3)11(4)9-12/h10-15H,5-9H2,1-4H3. The van der Waals surface area contributed by atoms with Crippen LogP contribution in [0, 0.1) is 17.8 Å². The molecular formula is C14H28O2. The van der Waals surface area contributed by atoms with Gasteiger partial charge in [-0.1, -0.05) is 27.2 Å². The molecule has 0 saturated heterocycles. The maximum absolute atomic E-state index is 10.3. The number of hydrogen-bond donors (Lipinski definition) is 1. The van der Waals surface area contributed by atoms with Crippen LogP contribution in [-0.2, 0) is 4.74 Å². The van der Waals surface area contributed by atoms with E-state index >= 15 is 0 Å². The summed E-state index contributed by atoms with van der Waals surface area (Å²) in [5, 5.41) is 10.3. The summed E-state index contributed by atoms with van der Waals surface area (Å²) < 4.78 is 5.62. The molecule has 2 nitrogen and oxygen atoms in total. The molecule has 1 saturated carbocycles. The van der Waals surface area contributed by atoms with Crippen molar-refractivity contribution >= 4 is 0 Å². The van der Waals surface area contributed by atoms with Gasteiger partial charge in [-0.3, -0.25) is 0 Å². The molecule has 2 heteroatoms. The quantitative estimate of drug-likeness (QED) is 0.783. The van der Waals surface area contributed by atoms with Gasteiger partial charge < -0.3 is 9.84 Å². The normalized spacial score (nSPS) is 34.7. The molecule has 0 bridgehead atoms. The number of aliphatic hydroxyl groups is 1. The summed E-state index contributed by atoms with van der Waals surface area (Å²) in [5.74, 6) is 2.01. The minimum absolute atomic E-state index is 0.0376. The average Bonchev–Trinajstić information content (AvgIpc) is 2.28. The van der Waals surface area contributed by atoms with E-state index in [2.05, 4.69) is 20.8 Å². The minimum atomic E-state index is -0.264. The molecular weight excluding hydrogens is 200 g/mol. The van der Waals surface area contributed by atoms with E-state index < -0.39 is 0 Å². The Morgan fingerprint density at radius 2 is 1.88 bits per heavy atom. The molecule has 1 fully saturated rings. The zero-order chi connectivity index (χ0) is 12.1. The molecule has 0 radical (unpaired) electrons. The van der Waals surface area contributed by atoms with Gasteiger partial charge in [-0.2, -0.15) is 0 Å². The molecule has 5 unspecified atom stereocenters. The van der Waals surface area contributed by atoms with E-state index in [4.69, 9.17) is 4.74 Å². The Hall–Kier alpha value is -0.0800. The van der Waals surface area contributed by atoms with Gasteiger partial charge in [-0.25, -0.2) is 0 Å². The first-order chi connectivity index (χ1) is 7.60. The van der Waals surface area contributed by atoms with Gasteiger partial charge in [0.15, 0.2) is 0 Å². The maximum atomic E-state index is 10.3. The third-order valence-corrected chi connectivity index (χ3v) is 4.29. The van der Waals surface area contributed by atoms with Crippen molar-refractivity contribution in [1.82, 2.24) is 0 Å². The molecule has 1 rings (SSSR count). The van der Waals surface area contributed by atoms with Gasteiger partial charge in [0.1, 0.15) is 0 Å². The highest BCUT2D eigenvalue weighted by molar-refractivity contribution is 4.83. The molecule has 0 spiro atoms. The second kappa shape index (κ2) is 6.61. The van der Waals surface area contributed by atoms with Crippen LogP contribution in [0.3, 0.4) is 0 Å². The van der Waals surface area contributed by atoms with Crippen molar-refractivity contribution in [2.45, 2.75) is 65.6 Å². The molecule has 0 heterocycles. The molecule has 0 aromatic heterocycles. The SMILES string of the molecule is CCOC(CC)C(O)C1CCC(C)C(C)C1. The summed E-state index contributed by atoms with van der Waals surface area (Å²) in [5.41, 5.74) is 0. The van der Waals surface area contributed by atoms with Crippen molar-refractivity contribution in [3.8, 4) is 0 Å². The summed E-state index contributed by atoms with van der Waals surface area (Å²) in [6.45, 7) is 9.44. The summed E-state index contributed by atoms with van der Waals surface area (Å²) in [6.07, 6.45) is 4.26. The van der Waals surface area contributed by atoms with Gasteiger partial charge in [0.2, 0.25) is 0 Å². The molecule has 0 aliphatic heterocycles. The van der Waals surface area contributed by atoms with Gasteiger partial charge in [-0.15, -0.1) is 0 Å². The molecule has 1 aliphatic carbocycles. The predicted octanol–water partition coefficient (Wildman–Crippen LogP) is 3.23. The molecule has 1 aliphatic rings. The highest BCUT2D eigenvalue weighted by Gasteiger charge is 2.32. The molecule has 0 amide bonds. The lowest BCUT2D eigenvalue weighted by atomic mass is 9.73. The smallest absolute Gasteiger partial charge is 0.0833 e. The Kier molecular flexibility index (Phi) is 5.77. The lowest BCUT2D eigenvalue weighted by Crippen LogP contribution is -2.38. The zero-order valence-electron chi connectivity index (χ0n) is 11.3. The van der Waals surface area contributed by atoms with Crippen molar-refractivity contribution in [2.75, 3.05) is 6.61 Å². The first-order valence-electron chi connectivity index (χ1n) is 6.89. The lowest BCUT2D eigenvalue weighted by Gasteiger charge is -2.37. The van der Waals surface area contributed by atoms with Gasteiger partial charge in [0.25, 0.3) is 0 Å². The Morgan fingerprint density at radius 3 is 2.38 bits per heavy atom. The fourth-order valence-electron chi connectivity index (χ4n) is 2.87. The first kappa shape index (κ1) is 14.0. The second-order valence-corrected chi connectivity index (χ2v) is 5.42. The number of rotatable bonds is 5. The van der Waals surface area contributed by atoms with Crippen LogP contribution in [0.5, 0.6) is 0 Å². The van der Waals surface area contributed by atoms with Crippen molar-refractivity contribution in [3.63, 3.8) is 0 Å². The molecule has 96 valence electrons.